The zero-order valence-electron chi connectivity index (χ0n) is 19.1. The number of amides is 5. The molecule has 2 unspecified atom stereocenters. The Balaban J connectivity index is 1.07. The molecule has 34 heavy (non-hydrogen) atoms. The summed E-state index contributed by atoms with van der Waals surface area (Å²) in [5, 5.41) is 8.46. The summed E-state index contributed by atoms with van der Waals surface area (Å²) in [5.74, 6) is 1.58. The number of anilines is 1. The number of carbonyl (C=O) groups excluding carboxylic acids is 4. The second-order valence-electron chi connectivity index (χ2n) is 11.3. The van der Waals surface area contributed by atoms with Crippen LogP contribution in [0.15, 0.2) is 18.2 Å². The molecule has 5 fully saturated rings. The second-order valence-corrected chi connectivity index (χ2v) is 11.3. The van der Waals surface area contributed by atoms with Gasteiger partial charge in [-0.05, 0) is 79.4 Å². The summed E-state index contributed by atoms with van der Waals surface area (Å²) >= 11 is 0. The van der Waals surface area contributed by atoms with E-state index in [0.717, 1.165) is 47.5 Å². The summed E-state index contributed by atoms with van der Waals surface area (Å²) in [6, 6.07) is 4.87. The molecule has 1 aliphatic heterocycles. The van der Waals surface area contributed by atoms with Gasteiger partial charge in [0.15, 0.2) is 0 Å². The molecular formula is C25H28N4O5. The number of imide groups is 1. The number of hydrogen-bond acceptors (Lipinski definition) is 5. The smallest absolute Gasteiger partial charge is 0.418 e. The topological polar surface area (TPSA) is 117 Å². The minimum Gasteiger partial charge on any atom is -0.427 e. The number of carbonyl (C=O) groups is 4. The molecule has 5 aliphatic carbocycles. The molecule has 1 aromatic rings. The molecule has 9 nitrogen and oxygen atoms in total. The van der Waals surface area contributed by atoms with Gasteiger partial charge in [-0.15, -0.1) is 0 Å². The van der Waals surface area contributed by atoms with Crippen molar-refractivity contribution < 1.29 is 23.9 Å². The first-order valence-corrected chi connectivity index (χ1v) is 12.3. The van der Waals surface area contributed by atoms with Crippen molar-refractivity contribution in [3.05, 3.63) is 29.3 Å². The molecule has 5 amide bonds. The van der Waals surface area contributed by atoms with Gasteiger partial charge in [-0.2, -0.15) is 0 Å². The minimum absolute atomic E-state index is 0.157. The number of benzene rings is 1. The Morgan fingerprint density at radius 1 is 1.15 bits per heavy atom. The third kappa shape index (κ3) is 2.35. The molecule has 0 aromatic heterocycles. The standard InChI is InChI=1S/C25H28N4O5/c1-26-21(32)27-17-2-3-18-13(6-17)4-5-25(18)20(31)29(22(33)34-25)11-19(30)28-23-9-15-7-14-8-16(10-23)24(14,15)12-23/h2-3,6,14-16H,4-5,7-12H2,1H3,(H,28,30)(H2,26,27,32)/t14?,15?,16?,23?,24?,25-/m1/s1. The van der Waals surface area contributed by atoms with E-state index in [1.807, 2.05) is 0 Å². The lowest BCUT2D eigenvalue weighted by Crippen LogP contribution is -2.60. The van der Waals surface area contributed by atoms with Gasteiger partial charge in [0.1, 0.15) is 6.54 Å². The van der Waals surface area contributed by atoms with Gasteiger partial charge in [0.2, 0.25) is 11.5 Å². The van der Waals surface area contributed by atoms with Crippen LogP contribution in [-0.2, 0) is 26.3 Å². The van der Waals surface area contributed by atoms with Crippen LogP contribution >= 0.6 is 0 Å². The van der Waals surface area contributed by atoms with Crippen molar-refractivity contribution in [1.29, 1.82) is 0 Å². The number of nitrogens with zero attached hydrogens (tertiary/aromatic N) is 1. The Kier molecular flexibility index (Phi) is 3.77. The molecule has 6 aliphatic rings. The average Bonchev–Trinajstić information content (AvgIpc) is 3.46. The van der Waals surface area contributed by atoms with Crippen LogP contribution < -0.4 is 16.0 Å². The predicted molar refractivity (Wildman–Crippen MR) is 120 cm³/mol. The van der Waals surface area contributed by atoms with Gasteiger partial charge >= 0.3 is 12.1 Å². The van der Waals surface area contributed by atoms with E-state index in [9.17, 15) is 19.2 Å². The summed E-state index contributed by atoms with van der Waals surface area (Å²) in [5.41, 5.74) is 1.01. The van der Waals surface area contributed by atoms with Crippen LogP contribution in [0.5, 0.6) is 0 Å². The fourth-order valence-electron chi connectivity index (χ4n) is 8.63. The lowest BCUT2D eigenvalue weighted by Gasteiger charge is -2.66. The summed E-state index contributed by atoms with van der Waals surface area (Å²) in [4.78, 5) is 51.8. The Bertz CT molecular complexity index is 1160. The second kappa shape index (κ2) is 6.31. The fraction of sp³-hybridized carbons (Fsp3) is 0.600. The van der Waals surface area contributed by atoms with Gasteiger partial charge in [-0.25, -0.2) is 14.5 Å². The first kappa shape index (κ1) is 20.3. The average molecular weight is 465 g/mol. The molecular weight excluding hydrogens is 436 g/mol. The third-order valence-corrected chi connectivity index (χ3v) is 9.89. The molecule has 178 valence electrons. The van der Waals surface area contributed by atoms with E-state index in [-0.39, 0.29) is 24.0 Å². The maximum absolute atomic E-state index is 13.4. The van der Waals surface area contributed by atoms with E-state index < -0.39 is 17.6 Å². The molecule has 7 rings (SSSR count). The highest BCUT2D eigenvalue weighted by Gasteiger charge is 2.77. The van der Waals surface area contributed by atoms with Crippen molar-refractivity contribution >= 4 is 29.6 Å². The maximum Gasteiger partial charge on any atom is 0.418 e. The number of fused-ring (bicyclic) bond motifs is 3. The number of nitrogens with one attached hydrogen (secondary N) is 3. The number of hydrogen-bond donors (Lipinski definition) is 3. The number of rotatable bonds is 4. The zero-order chi connectivity index (χ0) is 23.5. The van der Waals surface area contributed by atoms with Gasteiger partial charge in [-0.3, -0.25) is 9.59 Å². The van der Waals surface area contributed by atoms with Crippen molar-refractivity contribution in [2.24, 2.45) is 23.2 Å². The highest BCUT2D eigenvalue weighted by Crippen LogP contribution is 2.82. The summed E-state index contributed by atoms with van der Waals surface area (Å²) in [6.07, 6.45) is 5.82. The molecule has 3 N–H and O–H groups in total. The Hall–Kier alpha value is -3.10. The summed E-state index contributed by atoms with van der Waals surface area (Å²) in [6.45, 7) is -0.307. The van der Waals surface area contributed by atoms with E-state index in [1.54, 1.807) is 18.2 Å². The van der Waals surface area contributed by atoms with Crippen molar-refractivity contribution in [2.45, 2.75) is 56.1 Å². The van der Waals surface area contributed by atoms with E-state index >= 15 is 0 Å². The van der Waals surface area contributed by atoms with E-state index in [2.05, 4.69) is 16.0 Å². The van der Waals surface area contributed by atoms with Crippen LogP contribution in [0.25, 0.3) is 0 Å². The Morgan fingerprint density at radius 3 is 2.59 bits per heavy atom. The van der Waals surface area contributed by atoms with Crippen LogP contribution in [0.1, 0.15) is 49.7 Å². The lowest BCUT2D eigenvalue weighted by atomic mass is 9.38. The SMILES string of the molecule is CNC(=O)Nc1ccc2c(c1)CC[C@@]21OC(=O)N(CC(=O)NC23CC4CC5CC(C2)C54C3)C1=O. The van der Waals surface area contributed by atoms with E-state index in [0.29, 0.717) is 29.5 Å². The van der Waals surface area contributed by atoms with Gasteiger partial charge in [0.05, 0.1) is 0 Å². The fourth-order valence-corrected chi connectivity index (χ4v) is 8.63. The largest absolute Gasteiger partial charge is 0.427 e. The summed E-state index contributed by atoms with van der Waals surface area (Å²) in [7, 11) is 1.53. The lowest BCUT2D eigenvalue weighted by molar-refractivity contribution is -0.176. The van der Waals surface area contributed by atoms with Crippen LogP contribution in [0, 0.1) is 23.2 Å². The zero-order valence-corrected chi connectivity index (χ0v) is 19.1. The maximum atomic E-state index is 13.4. The molecule has 1 saturated heterocycles. The van der Waals surface area contributed by atoms with Crippen molar-refractivity contribution in [3.63, 3.8) is 0 Å². The summed E-state index contributed by atoms with van der Waals surface area (Å²) < 4.78 is 5.66. The predicted octanol–water partition coefficient (Wildman–Crippen LogP) is 2.25. The molecule has 0 radical (unpaired) electrons. The molecule has 1 heterocycles. The number of ether oxygens (including phenoxy) is 1. The highest BCUT2D eigenvalue weighted by molar-refractivity contribution is 6.06. The van der Waals surface area contributed by atoms with Gasteiger partial charge in [-0.1, -0.05) is 6.07 Å². The minimum atomic E-state index is -1.39. The van der Waals surface area contributed by atoms with Crippen LogP contribution in [0.2, 0.25) is 0 Å². The molecule has 3 atom stereocenters. The molecule has 9 heteroatoms. The van der Waals surface area contributed by atoms with Crippen LogP contribution in [0.4, 0.5) is 15.3 Å². The van der Waals surface area contributed by atoms with Gasteiger partial charge in [0.25, 0.3) is 5.91 Å². The van der Waals surface area contributed by atoms with Crippen LogP contribution in [-0.4, -0.2) is 48.0 Å². The first-order valence-electron chi connectivity index (χ1n) is 12.3. The monoisotopic (exact) mass is 464 g/mol. The number of urea groups is 1. The first-order chi connectivity index (χ1) is 16.3. The van der Waals surface area contributed by atoms with E-state index in [1.165, 1.54) is 19.9 Å². The van der Waals surface area contributed by atoms with Crippen molar-refractivity contribution in [2.75, 3.05) is 18.9 Å². The molecule has 2 bridgehead atoms. The molecule has 2 spiro atoms. The van der Waals surface area contributed by atoms with Crippen molar-refractivity contribution in [1.82, 2.24) is 15.5 Å². The quantitative estimate of drug-likeness (QED) is 0.632. The van der Waals surface area contributed by atoms with Gasteiger partial charge < -0.3 is 20.7 Å². The normalized spacial score (nSPS) is 39.8. The molecule has 1 aromatic carbocycles. The highest BCUT2D eigenvalue weighted by atomic mass is 16.6. The Morgan fingerprint density at radius 2 is 1.91 bits per heavy atom. The third-order valence-electron chi connectivity index (χ3n) is 9.89. The van der Waals surface area contributed by atoms with Crippen LogP contribution in [0.3, 0.4) is 0 Å². The Labute approximate surface area is 196 Å². The van der Waals surface area contributed by atoms with E-state index in [4.69, 9.17) is 4.74 Å². The van der Waals surface area contributed by atoms with Gasteiger partial charge in [0, 0.05) is 30.3 Å². The molecule has 4 saturated carbocycles. The number of aryl methyl sites for hydroxylation is 1. The van der Waals surface area contributed by atoms with Crippen molar-refractivity contribution in [3.8, 4) is 0 Å².